The van der Waals surface area contributed by atoms with Crippen molar-refractivity contribution < 1.29 is 9.90 Å². The zero-order valence-corrected chi connectivity index (χ0v) is 9.97. The van der Waals surface area contributed by atoms with Gasteiger partial charge in [-0.15, -0.1) is 0 Å². The van der Waals surface area contributed by atoms with Crippen LogP contribution in [-0.4, -0.2) is 15.6 Å². The van der Waals surface area contributed by atoms with Gasteiger partial charge in [0, 0.05) is 18.3 Å². The van der Waals surface area contributed by atoms with Gasteiger partial charge in [0.1, 0.15) is 5.69 Å². The van der Waals surface area contributed by atoms with E-state index in [1.165, 1.54) is 5.56 Å². The molecule has 0 saturated heterocycles. The Kier molecular flexibility index (Phi) is 3.00. The number of carboxylic acids is 1. The van der Waals surface area contributed by atoms with E-state index >= 15 is 0 Å². The Hall–Kier alpha value is -2.03. The first-order valence-electron chi connectivity index (χ1n) is 5.62. The van der Waals surface area contributed by atoms with Gasteiger partial charge in [-0.1, -0.05) is 29.8 Å². The first-order chi connectivity index (χ1) is 8.11. The van der Waals surface area contributed by atoms with E-state index in [9.17, 15) is 4.79 Å². The van der Waals surface area contributed by atoms with Crippen molar-refractivity contribution in [3.8, 4) is 11.1 Å². The fourth-order valence-corrected chi connectivity index (χ4v) is 1.93. The molecule has 3 nitrogen and oxygen atoms in total. The Bertz CT molecular complexity index is 555. The van der Waals surface area contributed by atoms with Crippen LogP contribution in [0.3, 0.4) is 0 Å². The van der Waals surface area contributed by atoms with Gasteiger partial charge in [-0.2, -0.15) is 0 Å². The molecular weight excluding hydrogens is 214 g/mol. The van der Waals surface area contributed by atoms with Crippen molar-refractivity contribution in [2.45, 2.75) is 20.4 Å². The summed E-state index contributed by atoms with van der Waals surface area (Å²) in [6.07, 6.45) is 1.89. The number of rotatable bonds is 3. The lowest BCUT2D eigenvalue weighted by atomic mass is 10.1. The van der Waals surface area contributed by atoms with Crippen LogP contribution in [0, 0.1) is 6.92 Å². The standard InChI is InChI=1S/C14H15NO2/c1-3-15-9-12(8-13(15)14(16)17)11-6-4-5-10(2)7-11/h4-9H,3H2,1-2H3,(H,16,17). The largest absolute Gasteiger partial charge is 0.477 e. The SMILES string of the molecule is CCn1cc(-c2cccc(C)c2)cc1C(=O)O. The summed E-state index contributed by atoms with van der Waals surface area (Å²) in [5.41, 5.74) is 3.51. The highest BCUT2D eigenvalue weighted by Crippen LogP contribution is 2.23. The van der Waals surface area contributed by atoms with E-state index in [1.54, 1.807) is 10.6 Å². The molecule has 1 heterocycles. The van der Waals surface area contributed by atoms with Gasteiger partial charge in [0.25, 0.3) is 0 Å². The summed E-state index contributed by atoms with van der Waals surface area (Å²) in [6, 6.07) is 9.78. The third kappa shape index (κ3) is 2.23. The molecule has 0 aliphatic heterocycles. The highest BCUT2D eigenvalue weighted by Gasteiger charge is 2.12. The highest BCUT2D eigenvalue weighted by atomic mass is 16.4. The van der Waals surface area contributed by atoms with Crippen LogP contribution in [0.4, 0.5) is 0 Å². The summed E-state index contributed by atoms with van der Waals surface area (Å²) >= 11 is 0. The molecule has 0 atom stereocenters. The Morgan fingerprint density at radius 1 is 1.29 bits per heavy atom. The first kappa shape index (κ1) is 11.5. The number of carboxylic acid groups (broad SMARTS) is 1. The van der Waals surface area contributed by atoms with Crippen LogP contribution in [-0.2, 0) is 6.54 Å². The number of carbonyl (C=O) groups is 1. The lowest BCUT2D eigenvalue weighted by Gasteiger charge is -2.00. The Morgan fingerprint density at radius 3 is 2.59 bits per heavy atom. The van der Waals surface area contributed by atoms with Crippen LogP contribution in [0.2, 0.25) is 0 Å². The van der Waals surface area contributed by atoms with E-state index in [0.717, 1.165) is 11.1 Å². The van der Waals surface area contributed by atoms with Crippen LogP contribution >= 0.6 is 0 Å². The van der Waals surface area contributed by atoms with Gasteiger partial charge in [0.15, 0.2) is 0 Å². The zero-order valence-electron chi connectivity index (χ0n) is 9.97. The van der Waals surface area contributed by atoms with Gasteiger partial charge in [0.2, 0.25) is 0 Å². The molecule has 1 aromatic heterocycles. The van der Waals surface area contributed by atoms with Crippen LogP contribution in [0.1, 0.15) is 23.0 Å². The highest BCUT2D eigenvalue weighted by molar-refractivity contribution is 5.88. The van der Waals surface area contributed by atoms with Crippen LogP contribution in [0.5, 0.6) is 0 Å². The molecule has 1 N–H and O–H groups in total. The number of aromatic carboxylic acids is 1. The van der Waals surface area contributed by atoms with Gasteiger partial charge < -0.3 is 9.67 Å². The third-order valence-electron chi connectivity index (χ3n) is 2.81. The molecule has 0 saturated carbocycles. The molecule has 0 fully saturated rings. The molecular formula is C14H15NO2. The quantitative estimate of drug-likeness (QED) is 0.878. The van der Waals surface area contributed by atoms with Gasteiger partial charge in [-0.25, -0.2) is 4.79 Å². The maximum atomic E-state index is 11.1. The smallest absolute Gasteiger partial charge is 0.352 e. The molecule has 0 radical (unpaired) electrons. The summed E-state index contributed by atoms with van der Waals surface area (Å²) in [4.78, 5) is 11.1. The van der Waals surface area contributed by atoms with Gasteiger partial charge in [-0.05, 0) is 25.5 Å². The predicted octanol–water partition coefficient (Wildman–Crippen LogP) is 3.18. The second-order valence-electron chi connectivity index (χ2n) is 4.07. The van der Waals surface area contributed by atoms with Gasteiger partial charge >= 0.3 is 5.97 Å². The fraction of sp³-hybridized carbons (Fsp3) is 0.214. The Labute approximate surface area is 100 Å². The van der Waals surface area contributed by atoms with Crippen molar-refractivity contribution in [2.75, 3.05) is 0 Å². The average Bonchev–Trinajstić information content (AvgIpc) is 2.73. The molecule has 0 unspecified atom stereocenters. The number of aryl methyl sites for hydroxylation is 2. The Balaban J connectivity index is 2.50. The number of nitrogens with zero attached hydrogens (tertiary/aromatic N) is 1. The number of hydrogen-bond acceptors (Lipinski definition) is 1. The number of hydrogen-bond donors (Lipinski definition) is 1. The zero-order chi connectivity index (χ0) is 12.4. The molecule has 3 heteroatoms. The predicted molar refractivity (Wildman–Crippen MR) is 67.2 cm³/mol. The van der Waals surface area contributed by atoms with E-state index in [0.29, 0.717) is 12.2 Å². The maximum absolute atomic E-state index is 11.1. The summed E-state index contributed by atoms with van der Waals surface area (Å²) < 4.78 is 1.75. The molecule has 0 amide bonds. The minimum Gasteiger partial charge on any atom is -0.477 e. The minimum atomic E-state index is -0.884. The van der Waals surface area contributed by atoms with Crippen LogP contribution in [0.15, 0.2) is 36.5 Å². The molecule has 0 aliphatic carbocycles. The second-order valence-corrected chi connectivity index (χ2v) is 4.07. The van der Waals surface area contributed by atoms with Gasteiger partial charge in [0.05, 0.1) is 0 Å². The van der Waals surface area contributed by atoms with Crippen molar-refractivity contribution in [3.05, 3.63) is 47.8 Å². The van der Waals surface area contributed by atoms with E-state index in [-0.39, 0.29) is 0 Å². The lowest BCUT2D eigenvalue weighted by Crippen LogP contribution is -2.05. The topological polar surface area (TPSA) is 42.2 Å². The van der Waals surface area contributed by atoms with Crippen LogP contribution in [0.25, 0.3) is 11.1 Å². The average molecular weight is 229 g/mol. The van der Waals surface area contributed by atoms with Crippen molar-refractivity contribution in [2.24, 2.45) is 0 Å². The van der Waals surface area contributed by atoms with E-state index in [2.05, 4.69) is 6.07 Å². The second kappa shape index (κ2) is 4.45. The van der Waals surface area contributed by atoms with Crippen molar-refractivity contribution in [1.29, 1.82) is 0 Å². The normalized spacial score (nSPS) is 10.5. The lowest BCUT2D eigenvalue weighted by molar-refractivity contribution is 0.0685. The monoisotopic (exact) mass is 229 g/mol. The van der Waals surface area contributed by atoms with E-state index in [1.807, 2.05) is 38.2 Å². The molecule has 0 bridgehead atoms. The molecule has 2 aromatic rings. The molecule has 0 spiro atoms. The maximum Gasteiger partial charge on any atom is 0.352 e. The molecule has 0 aliphatic rings. The minimum absolute atomic E-state index is 0.337. The van der Waals surface area contributed by atoms with E-state index in [4.69, 9.17) is 5.11 Å². The molecule has 2 rings (SSSR count). The van der Waals surface area contributed by atoms with Crippen molar-refractivity contribution in [3.63, 3.8) is 0 Å². The molecule has 1 aromatic carbocycles. The van der Waals surface area contributed by atoms with Crippen molar-refractivity contribution >= 4 is 5.97 Å². The third-order valence-corrected chi connectivity index (χ3v) is 2.81. The van der Waals surface area contributed by atoms with Gasteiger partial charge in [-0.3, -0.25) is 0 Å². The van der Waals surface area contributed by atoms with Crippen molar-refractivity contribution in [1.82, 2.24) is 4.57 Å². The summed E-state index contributed by atoms with van der Waals surface area (Å²) in [7, 11) is 0. The number of aromatic nitrogens is 1. The summed E-state index contributed by atoms with van der Waals surface area (Å²) in [5.74, 6) is -0.884. The van der Waals surface area contributed by atoms with Crippen LogP contribution < -0.4 is 0 Å². The molecule has 17 heavy (non-hydrogen) atoms. The first-order valence-corrected chi connectivity index (χ1v) is 5.62. The summed E-state index contributed by atoms with van der Waals surface area (Å²) in [6.45, 7) is 4.62. The number of benzene rings is 1. The Morgan fingerprint density at radius 2 is 2.06 bits per heavy atom. The van der Waals surface area contributed by atoms with E-state index < -0.39 is 5.97 Å². The molecule has 88 valence electrons. The fourth-order valence-electron chi connectivity index (χ4n) is 1.93. The summed E-state index contributed by atoms with van der Waals surface area (Å²) in [5, 5.41) is 9.09.